The Labute approximate surface area is 123 Å². The minimum absolute atomic E-state index is 0.0534. The van der Waals surface area contributed by atoms with Gasteiger partial charge in [-0.3, -0.25) is 0 Å². The second kappa shape index (κ2) is 5.50. The lowest BCUT2D eigenvalue weighted by molar-refractivity contribution is 0.316. The van der Waals surface area contributed by atoms with E-state index in [9.17, 15) is 12.8 Å². The van der Waals surface area contributed by atoms with Crippen molar-refractivity contribution in [2.24, 2.45) is 5.92 Å². The molecular weight excluding hydrogens is 303 g/mol. The fourth-order valence-electron chi connectivity index (χ4n) is 2.60. The van der Waals surface area contributed by atoms with Crippen molar-refractivity contribution in [3.05, 3.63) is 23.0 Å². The smallest absolute Gasteiger partial charge is 0.244 e. The fraction of sp³-hybridized carbons (Fsp3) is 0.538. The molecule has 0 aromatic heterocycles. The zero-order valence-electron chi connectivity index (χ0n) is 11.4. The number of halogens is 2. The number of hydrogen-bond acceptors (Lipinski definition) is 3. The van der Waals surface area contributed by atoms with E-state index in [-0.39, 0.29) is 27.6 Å². The second-order valence-corrected chi connectivity index (χ2v) is 7.64. The lowest BCUT2D eigenvalue weighted by Gasteiger charge is -2.27. The molecule has 112 valence electrons. The first-order chi connectivity index (χ1) is 9.25. The van der Waals surface area contributed by atoms with Gasteiger partial charge in [0.15, 0.2) is 0 Å². The molecule has 0 radical (unpaired) electrons. The number of nitrogens with zero attached hydrogens (tertiary/aromatic N) is 1. The van der Waals surface area contributed by atoms with Crippen molar-refractivity contribution in [3.63, 3.8) is 0 Å². The van der Waals surface area contributed by atoms with E-state index >= 15 is 0 Å². The highest BCUT2D eigenvalue weighted by Gasteiger charge is 2.38. The average molecular weight is 321 g/mol. The maximum atomic E-state index is 13.3. The average Bonchev–Trinajstić information content (AvgIpc) is 2.83. The van der Waals surface area contributed by atoms with Crippen LogP contribution in [0.25, 0.3) is 0 Å². The van der Waals surface area contributed by atoms with Crippen LogP contribution >= 0.6 is 11.6 Å². The number of anilines is 1. The van der Waals surface area contributed by atoms with Crippen molar-refractivity contribution < 1.29 is 12.8 Å². The van der Waals surface area contributed by atoms with Gasteiger partial charge in [0, 0.05) is 12.6 Å². The topological polar surface area (TPSA) is 63.4 Å². The third-order valence-corrected chi connectivity index (χ3v) is 6.04. The minimum atomic E-state index is -3.75. The molecule has 1 fully saturated rings. The molecule has 1 aliphatic heterocycles. The molecule has 4 nitrogen and oxygen atoms in total. The molecule has 2 rings (SSSR count). The molecule has 1 atom stereocenters. The van der Waals surface area contributed by atoms with Crippen molar-refractivity contribution in [1.82, 2.24) is 4.31 Å². The van der Waals surface area contributed by atoms with Gasteiger partial charge in [-0.15, -0.1) is 0 Å². The van der Waals surface area contributed by atoms with Gasteiger partial charge in [0.05, 0.1) is 10.7 Å². The first-order valence-electron chi connectivity index (χ1n) is 6.51. The maximum Gasteiger partial charge on any atom is 0.244 e. The molecule has 1 aromatic carbocycles. The lowest BCUT2D eigenvalue weighted by atomic mass is 10.0. The van der Waals surface area contributed by atoms with E-state index in [2.05, 4.69) is 0 Å². The Morgan fingerprint density at radius 1 is 1.45 bits per heavy atom. The summed E-state index contributed by atoms with van der Waals surface area (Å²) < 4.78 is 40.2. The third kappa shape index (κ3) is 2.64. The van der Waals surface area contributed by atoms with Gasteiger partial charge in [-0.25, -0.2) is 12.8 Å². The van der Waals surface area contributed by atoms with E-state index in [1.807, 2.05) is 13.8 Å². The molecule has 0 bridgehead atoms. The van der Waals surface area contributed by atoms with Crippen molar-refractivity contribution in [2.45, 2.75) is 37.6 Å². The second-order valence-electron chi connectivity index (χ2n) is 5.37. The highest BCUT2D eigenvalue weighted by molar-refractivity contribution is 7.89. The van der Waals surface area contributed by atoms with E-state index in [1.165, 1.54) is 4.31 Å². The molecule has 1 heterocycles. The molecule has 20 heavy (non-hydrogen) atoms. The van der Waals surface area contributed by atoms with Gasteiger partial charge in [-0.05, 0) is 30.9 Å². The molecule has 1 unspecified atom stereocenters. The zero-order valence-corrected chi connectivity index (χ0v) is 13.0. The maximum absolute atomic E-state index is 13.3. The first kappa shape index (κ1) is 15.5. The monoisotopic (exact) mass is 320 g/mol. The van der Waals surface area contributed by atoms with Crippen LogP contribution in [0.4, 0.5) is 10.1 Å². The van der Waals surface area contributed by atoms with Crippen molar-refractivity contribution in [1.29, 1.82) is 0 Å². The molecule has 2 N–H and O–H groups in total. The van der Waals surface area contributed by atoms with E-state index in [0.29, 0.717) is 6.54 Å². The number of benzene rings is 1. The number of nitrogens with two attached hydrogens (primary N) is 1. The zero-order chi connectivity index (χ0) is 15.1. The highest BCUT2D eigenvalue weighted by Crippen LogP contribution is 2.34. The third-order valence-electron chi connectivity index (χ3n) is 3.66. The van der Waals surface area contributed by atoms with Crippen LogP contribution in [0, 0.1) is 11.7 Å². The van der Waals surface area contributed by atoms with Crippen LogP contribution in [-0.4, -0.2) is 25.3 Å². The Bertz CT molecular complexity index is 619. The number of nitrogen functional groups attached to an aromatic ring is 1. The summed E-state index contributed by atoms with van der Waals surface area (Å²) >= 11 is 5.89. The van der Waals surface area contributed by atoms with Gasteiger partial charge in [0.1, 0.15) is 10.7 Å². The number of hydrogen-bond donors (Lipinski definition) is 1. The summed E-state index contributed by atoms with van der Waals surface area (Å²) in [7, 11) is -3.75. The van der Waals surface area contributed by atoms with Crippen LogP contribution in [-0.2, 0) is 10.0 Å². The molecule has 1 saturated heterocycles. The van der Waals surface area contributed by atoms with Crippen LogP contribution in [0.1, 0.15) is 26.7 Å². The predicted octanol–water partition coefficient (Wildman–Crippen LogP) is 2.87. The summed E-state index contributed by atoms with van der Waals surface area (Å²) in [6.45, 7) is 4.43. The Hall–Kier alpha value is -0.850. The molecular formula is C13H18ClFN2O2S. The Kier molecular flexibility index (Phi) is 4.27. The molecule has 1 aromatic rings. The van der Waals surface area contributed by atoms with E-state index in [4.69, 9.17) is 17.3 Å². The minimum Gasteiger partial charge on any atom is -0.396 e. The molecule has 0 saturated carbocycles. The quantitative estimate of drug-likeness (QED) is 0.871. The van der Waals surface area contributed by atoms with Crippen molar-refractivity contribution in [3.8, 4) is 0 Å². The van der Waals surface area contributed by atoms with Crippen LogP contribution in [0.5, 0.6) is 0 Å². The van der Waals surface area contributed by atoms with Gasteiger partial charge < -0.3 is 5.73 Å². The fourth-order valence-corrected chi connectivity index (χ4v) is 4.95. The summed E-state index contributed by atoms with van der Waals surface area (Å²) in [4.78, 5) is -0.120. The van der Waals surface area contributed by atoms with Crippen LogP contribution < -0.4 is 5.73 Å². The van der Waals surface area contributed by atoms with Crippen LogP contribution in [0.2, 0.25) is 5.02 Å². The van der Waals surface area contributed by atoms with E-state index < -0.39 is 15.8 Å². The van der Waals surface area contributed by atoms with Crippen molar-refractivity contribution >= 4 is 27.3 Å². The first-order valence-corrected chi connectivity index (χ1v) is 8.33. The van der Waals surface area contributed by atoms with Gasteiger partial charge in [-0.2, -0.15) is 4.31 Å². The molecule has 1 aliphatic rings. The van der Waals surface area contributed by atoms with Gasteiger partial charge >= 0.3 is 0 Å². The predicted molar refractivity (Wildman–Crippen MR) is 77.6 cm³/mol. The van der Waals surface area contributed by atoms with Gasteiger partial charge in [-0.1, -0.05) is 25.4 Å². The van der Waals surface area contributed by atoms with E-state index in [0.717, 1.165) is 25.0 Å². The Balaban J connectivity index is 2.48. The summed E-state index contributed by atoms with van der Waals surface area (Å²) in [5.41, 5.74) is 5.25. The summed E-state index contributed by atoms with van der Waals surface area (Å²) in [6.07, 6.45) is 1.64. The van der Waals surface area contributed by atoms with Crippen LogP contribution in [0.15, 0.2) is 17.0 Å². The lowest BCUT2D eigenvalue weighted by Crippen LogP contribution is -2.38. The molecule has 7 heteroatoms. The molecule has 0 aliphatic carbocycles. The summed E-state index contributed by atoms with van der Waals surface area (Å²) in [5, 5.41) is -0.133. The molecule has 0 amide bonds. The number of sulfonamides is 1. The largest absolute Gasteiger partial charge is 0.396 e. The standard InChI is InChI=1S/C13H18ClFN2O2S/c1-8(2)12-4-3-5-17(12)20(18,19)13-7-11(16)10(15)6-9(13)14/h6-8,12H,3-5,16H2,1-2H3. The van der Waals surface area contributed by atoms with Crippen LogP contribution in [0.3, 0.4) is 0 Å². The summed E-state index contributed by atoms with van der Waals surface area (Å²) in [5.74, 6) is -0.500. The normalized spacial score (nSPS) is 20.8. The Morgan fingerprint density at radius 2 is 2.10 bits per heavy atom. The number of rotatable bonds is 3. The van der Waals surface area contributed by atoms with Crippen molar-refractivity contribution in [2.75, 3.05) is 12.3 Å². The van der Waals surface area contributed by atoms with Gasteiger partial charge in [0.25, 0.3) is 0 Å². The highest BCUT2D eigenvalue weighted by atomic mass is 35.5. The SMILES string of the molecule is CC(C)C1CCCN1S(=O)(=O)c1cc(N)c(F)cc1Cl. The molecule has 0 spiro atoms. The Morgan fingerprint density at radius 3 is 2.70 bits per heavy atom. The van der Waals surface area contributed by atoms with Gasteiger partial charge in [0.2, 0.25) is 10.0 Å². The van der Waals surface area contributed by atoms with E-state index in [1.54, 1.807) is 0 Å². The summed E-state index contributed by atoms with van der Waals surface area (Å²) in [6, 6.07) is 2.00.